The Hall–Kier alpha value is -0.630. The van der Waals surface area contributed by atoms with Gasteiger partial charge in [-0.05, 0) is 31.0 Å². The van der Waals surface area contributed by atoms with Gasteiger partial charge in [0.1, 0.15) is 0 Å². The molecule has 2 rings (SSSR count). The van der Waals surface area contributed by atoms with Crippen LogP contribution in [-0.4, -0.2) is 27.7 Å². The van der Waals surface area contributed by atoms with Crippen LogP contribution in [0.2, 0.25) is 0 Å². The third-order valence-corrected chi connectivity index (χ3v) is 6.47. The van der Waals surface area contributed by atoms with Crippen molar-refractivity contribution in [2.45, 2.75) is 44.2 Å². The molecule has 1 aromatic carbocycles. The molecule has 0 spiro atoms. The monoisotopic (exact) mass is 376 g/mol. The molecule has 0 aliphatic heterocycles. The van der Waals surface area contributed by atoms with E-state index in [9.17, 15) is 8.42 Å². The van der Waals surface area contributed by atoms with Crippen LogP contribution in [0.15, 0.2) is 21.5 Å². The summed E-state index contributed by atoms with van der Waals surface area (Å²) in [5.74, 6) is 0. The first kappa shape index (κ1) is 16.7. The highest BCUT2D eigenvalue weighted by molar-refractivity contribution is 9.10. The highest BCUT2D eigenvalue weighted by Crippen LogP contribution is 2.43. The van der Waals surface area contributed by atoms with E-state index in [0.29, 0.717) is 22.1 Å². The van der Waals surface area contributed by atoms with Crippen LogP contribution in [0.3, 0.4) is 0 Å². The van der Waals surface area contributed by atoms with E-state index in [1.165, 1.54) is 0 Å². The van der Waals surface area contributed by atoms with Crippen LogP contribution in [0.25, 0.3) is 0 Å². The van der Waals surface area contributed by atoms with Crippen molar-refractivity contribution in [3.63, 3.8) is 0 Å². The van der Waals surface area contributed by atoms with Gasteiger partial charge >= 0.3 is 0 Å². The molecule has 0 aromatic heterocycles. The van der Waals surface area contributed by atoms with Crippen molar-refractivity contribution in [2.24, 2.45) is 5.41 Å². The topological polar surface area (TPSA) is 81.4 Å². The number of methoxy groups -OCH3 is 1. The number of nitrogens with two attached hydrogens (primary N) is 1. The molecule has 1 aliphatic carbocycles. The molecule has 0 amide bonds. The lowest BCUT2D eigenvalue weighted by atomic mass is 9.65. The Morgan fingerprint density at radius 3 is 2.57 bits per heavy atom. The van der Waals surface area contributed by atoms with Gasteiger partial charge in [0.25, 0.3) is 0 Å². The smallest absolute Gasteiger partial charge is 0.241 e. The van der Waals surface area contributed by atoms with Crippen LogP contribution in [0.4, 0.5) is 5.69 Å². The second kappa shape index (κ2) is 5.53. The predicted molar refractivity (Wildman–Crippen MR) is 86.6 cm³/mol. The summed E-state index contributed by atoms with van der Waals surface area (Å²) >= 11 is 3.29. The van der Waals surface area contributed by atoms with Crippen LogP contribution in [0.5, 0.6) is 0 Å². The van der Waals surface area contributed by atoms with Gasteiger partial charge in [-0.15, -0.1) is 0 Å². The first-order chi connectivity index (χ1) is 9.59. The SMILES string of the molecule is COC1CC(NS(=O)(=O)c2cc(Br)cc(N)c2C)C1(C)C. The number of benzene rings is 1. The first-order valence-electron chi connectivity index (χ1n) is 6.70. The molecule has 2 atom stereocenters. The second-order valence-corrected chi connectivity index (χ2v) is 8.67. The van der Waals surface area contributed by atoms with E-state index < -0.39 is 10.0 Å². The second-order valence-electron chi connectivity index (χ2n) is 6.07. The number of anilines is 1. The van der Waals surface area contributed by atoms with Crippen LogP contribution in [-0.2, 0) is 14.8 Å². The van der Waals surface area contributed by atoms with Crippen molar-refractivity contribution >= 4 is 31.6 Å². The lowest BCUT2D eigenvalue weighted by Gasteiger charge is -2.51. The number of halogens is 1. The van der Waals surface area contributed by atoms with E-state index in [-0.39, 0.29) is 22.5 Å². The van der Waals surface area contributed by atoms with E-state index in [4.69, 9.17) is 10.5 Å². The maximum atomic E-state index is 12.6. The molecule has 0 saturated heterocycles. The summed E-state index contributed by atoms with van der Waals surface area (Å²) in [6.07, 6.45) is 0.740. The fraction of sp³-hybridized carbons (Fsp3) is 0.571. The fourth-order valence-electron chi connectivity index (χ4n) is 2.69. The third kappa shape index (κ3) is 2.97. The van der Waals surface area contributed by atoms with E-state index in [0.717, 1.165) is 0 Å². The number of ether oxygens (including phenoxy) is 1. The van der Waals surface area contributed by atoms with Crippen LogP contribution >= 0.6 is 15.9 Å². The van der Waals surface area contributed by atoms with Crippen molar-refractivity contribution in [1.29, 1.82) is 0 Å². The number of hydrogen-bond acceptors (Lipinski definition) is 4. The van der Waals surface area contributed by atoms with Crippen molar-refractivity contribution in [1.82, 2.24) is 4.72 Å². The lowest BCUT2D eigenvalue weighted by molar-refractivity contribution is -0.0908. The van der Waals surface area contributed by atoms with Crippen LogP contribution in [0.1, 0.15) is 25.8 Å². The van der Waals surface area contributed by atoms with E-state index in [1.54, 1.807) is 26.2 Å². The number of nitrogen functional groups attached to an aromatic ring is 1. The minimum atomic E-state index is -3.61. The molecule has 0 bridgehead atoms. The molecule has 1 fully saturated rings. The molecule has 118 valence electrons. The molecular weight excluding hydrogens is 356 g/mol. The number of hydrogen-bond donors (Lipinski definition) is 2. The maximum absolute atomic E-state index is 12.6. The summed E-state index contributed by atoms with van der Waals surface area (Å²) in [5, 5.41) is 0. The Balaban J connectivity index is 2.29. The number of rotatable bonds is 4. The minimum Gasteiger partial charge on any atom is -0.398 e. The number of nitrogens with one attached hydrogen (secondary N) is 1. The summed E-state index contributed by atoms with van der Waals surface area (Å²) in [4.78, 5) is 0.214. The molecule has 0 heterocycles. The summed E-state index contributed by atoms with van der Waals surface area (Å²) in [6.45, 7) is 5.71. The summed E-state index contributed by atoms with van der Waals surface area (Å²) in [6, 6.07) is 3.13. The summed E-state index contributed by atoms with van der Waals surface area (Å²) < 4.78 is 34.0. The molecule has 1 aliphatic rings. The molecule has 0 radical (unpaired) electrons. The normalized spacial score (nSPS) is 24.6. The Bertz CT molecular complexity index is 658. The van der Waals surface area contributed by atoms with E-state index in [1.807, 2.05) is 13.8 Å². The zero-order valence-corrected chi connectivity index (χ0v) is 15.0. The zero-order chi connectivity index (χ0) is 16.0. The van der Waals surface area contributed by atoms with Crippen molar-refractivity contribution in [3.8, 4) is 0 Å². The molecular formula is C14H21BrN2O3S. The van der Waals surface area contributed by atoms with Gasteiger partial charge in [0.15, 0.2) is 0 Å². The maximum Gasteiger partial charge on any atom is 0.241 e. The van der Waals surface area contributed by atoms with Gasteiger partial charge in [0, 0.05) is 28.7 Å². The van der Waals surface area contributed by atoms with Crippen LogP contribution < -0.4 is 10.5 Å². The number of sulfonamides is 1. The van der Waals surface area contributed by atoms with E-state index in [2.05, 4.69) is 20.7 Å². The average Bonchev–Trinajstić information content (AvgIpc) is 2.38. The quantitative estimate of drug-likeness (QED) is 0.790. The van der Waals surface area contributed by atoms with E-state index >= 15 is 0 Å². The van der Waals surface area contributed by atoms with Crippen LogP contribution in [0, 0.1) is 12.3 Å². The summed E-state index contributed by atoms with van der Waals surface area (Å²) in [5.41, 5.74) is 6.63. The highest BCUT2D eigenvalue weighted by atomic mass is 79.9. The zero-order valence-electron chi connectivity index (χ0n) is 12.6. The first-order valence-corrected chi connectivity index (χ1v) is 8.98. The van der Waals surface area contributed by atoms with Crippen molar-refractivity contribution in [2.75, 3.05) is 12.8 Å². The third-order valence-electron chi connectivity index (χ3n) is 4.41. The summed E-state index contributed by atoms with van der Waals surface area (Å²) in [7, 11) is -1.97. The van der Waals surface area contributed by atoms with Gasteiger partial charge in [-0.3, -0.25) is 0 Å². The van der Waals surface area contributed by atoms with Gasteiger partial charge < -0.3 is 10.5 Å². The average molecular weight is 377 g/mol. The molecule has 2 unspecified atom stereocenters. The highest BCUT2D eigenvalue weighted by Gasteiger charge is 2.50. The van der Waals surface area contributed by atoms with Gasteiger partial charge in [-0.2, -0.15) is 0 Å². The molecule has 1 saturated carbocycles. The predicted octanol–water partition coefficient (Wildman–Crippen LogP) is 2.43. The standard InChI is InChI=1S/C14H21BrN2O3S/c1-8-10(16)5-9(15)6-11(8)21(18,19)17-12-7-13(20-4)14(12,2)3/h5-6,12-13,17H,7,16H2,1-4H3. The molecule has 1 aromatic rings. The Kier molecular flexibility index (Phi) is 4.41. The molecule has 3 N–H and O–H groups in total. The minimum absolute atomic E-state index is 0.0684. The Labute approximate surface area is 134 Å². The molecule has 21 heavy (non-hydrogen) atoms. The van der Waals surface area contributed by atoms with Crippen molar-refractivity contribution < 1.29 is 13.2 Å². The molecule has 7 heteroatoms. The largest absolute Gasteiger partial charge is 0.398 e. The van der Waals surface area contributed by atoms with Gasteiger partial charge in [-0.25, -0.2) is 13.1 Å². The Morgan fingerprint density at radius 2 is 2.05 bits per heavy atom. The Morgan fingerprint density at radius 1 is 1.43 bits per heavy atom. The van der Waals surface area contributed by atoms with Gasteiger partial charge in [0.2, 0.25) is 10.0 Å². The molecule has 5 nitrogen and oxygen atoms in total. The lowest BCUT2D eigenvalue weighted by Crippen LogP contribution is -2.61. The fourth-order valence-corrected chi connectivity index (χ4v) is 5.02. The van der Waals surface area contributed by atoms with Gasteiger partial charge in [0.05, 0.1) is 11.0 Å². The van der Waals surface area contributed by atoms with Gasteiger partial charge in [-0.1, -0.05) is 29.8 Å². The van der Waals surface area contributed by atoms with Crippen molar-refractivity contribution in [3.05, 3.63) is 22.2 Å².